The Morgan fingerprint density at radius 1 is 1.06 bits per heavy atom. The van der Waals surface area contributed by atoms with Gasteiger partial charge < -0.3 is 15.5 Å². The first-order valence-corrected chi connectivity index (χ1v) is 11.7. The Labute approximate surface area is 187 Å². The molecule has 2 aliphatic rings. The first-order chi connectivity index (χ1) is 15.2. The van der Waals surface area contributed by atoms with Crippen molar-refractivity contribution in [2.45, 2.75) is 12.8 Å². The lowest BCUT2D eigenvalue weighted by Crippen LogP contribution is -2.25. The third-order valence-corrected chi connectivity index (χ3v) is 7.64. The summed E-state index contributed by atoms with van der Waals surface area (Å²) in [6.07, 6.45) is 4.35. The number of fused-ring (bicyclic) bond motifs is 1. The highest BCUT2D eigenvalue weighted by Gasteiger charge is 2.31. The Balaban J connectivity index is 1.51. The summed E-state index contributed by atoms with van der Waals surface area (Å²) in [5.74, 6) is 2.43. The van der Waals surface area contributed by atoms with Gasteiger partial charge in [0, 0.05) is 37.5 Å². The Bertz CT molecular complexity index is 1070. The van der Waals surface area contributed by atoms with E-state index in [9.17, 15) is 0 Å². The maximum absolute atomic E-state index is 9.16. The number of thiazole rings is 1. The molecule has 2 saturated heterocycles. The smallest absolute Gasteiger partial charge is 0.186 e. The van der Waals surface area contributed by atoms with E-state index in [1.54, 1.807) is 11.3 Å². The molecule has 0 spiro atoms. The van der Waals surface area contributed by atoms with Crippen molar-refractivity contribution in [3.63, 3.8) is 0 Å². The quantitative estimate of drug-likeness (QED) is 0.645. The van der Waals surface area contributed by atoms with Crippen LogP contribution >= 0.6 is 11.3 Å². The molecule has 5 rings (SSSR count). The number of anilines is 2. The molecule has 2 N–H and O–H groups in total. The van der Waals surface area contributed by atoms with Crippen LogP contribution in [0.3, 0.4) is 0 Å². The zero-order chi connectivity index (χ0) is 21.2. The van der Waals surface area contributed by atoms with Crippen molar-refractivity contribution in [2.75, 3.05) is 43.4 Å². The maximum Gasteiger partial charge on any atom is 0.186 e. The number of nitrogens with zero attached hydrogens (tertiary/aromatic N) is 4. The van der Waals surface area contributed by atoms with Gasteiger partial charge in [0.25, 0.3) is 0 Å². The van der Waals surface area contributed by atoms with Crippen molar-refractivity contribution in [2.24, 2.45) is 11.8 Å². The third kappa shape index (κ3) is 4.01. The minimum atomic E-state index is 0.661. The maximum atomic E-state index is 9.16. The number of pyridine rings is 1. The van der Waals surface area contributed by atoms with Gasteiger partial charge in [0.2, 0.25) is 0 Å². The van der Waals surface area contributed by atoms with E-state index < -0.39 is 0 Å². The summed E-state index contributed by atoms with van der Waals surface area (Å²) in [5, 5.41) is 16.9. The predicted octanol–water partition coefficient (Wildman–Crippen LogP) is 4.22. The second kappa shape index (κ2) is 8.66. The van der Waals surface area contributed by atoms with Crippen LogP contribution in [-0.4, -0.2) is 43.2 Å². The van der Waals surface area contributed by atoms with Gasteiger partial charge in [-0.05, 0) is 62.0 Å². The number of rotatable bonds is 4. The van der Waals surface area contributed by atoms with E-state index in [0.717, 1.165) is 70.7 Å². The van der Waals surface area contributed by atoms with Crippen LogP contribution in [0.2, 0.25) is 0 Å². The summed E-state index contributed by atoms with van der Waals surface area (Å²) in [6, 6.07) is 14.0. The molecule has 6 nitrogen and oxygen atoms in total. The molecule has 2 atom stereocenters. The van der Waals surface area contributed by atoms with Crippen molar-refractivity contribution in [1.82, 2.24) is 15.3 Å². The highest BCUT2D eigenvalue weighted by molar-refractivity contribution is 7.19. The van der Waals surface area contributed by atoms with Gasteiger partial charge in [0.05, 0.1) is 22.2 Å². The highest BCUT2D eigenvalue weighted by Crippen LogP contribution is 2.41. The number of benzene rings is 1. The summed E-state index contributed by atoms with van der Waals surface area (Å²) < 4.78 is 0. The van der Waals surface area contributed by atoms with Crippen molar-refractivity contribution in [3.8, 4) is 27.8 Å². The molecule has 1 aromatic carbocycles. The molecule has 0 amide bonds. The van der Waals surface area contributed by atoms with Gasteiger partial charge in [-0.1, -0.05) is 23.5 Å². The predicted molar refractivity (Wildman–Crippen MR) is 126 cm³/mol. The molecule has 2 fully saturated rings. The van der Waals surface area contributed by atoms with Crippen molar-refractivity contribution >= 4 is 22.3 Å². The molecule has 31 heavy (non-hydrogen) atoms. The van der Waals surface area contributed by atoms with E-state index in [2.05, 4.69) is 32.7 Å². The van der Waals surface area contributed by atoms with Crippen LogP contribution in [-0.2, 0) is 0 Å². The van der Waals surface area contributed by atoms with E-state index in [1.165, 1.54) is 12.8 Å². The zero-order valence-corrected chi connectivity index (χ0v) is 18.5. The van der Waals surface area contributed by atoms with Crippen LogP contribution in [0.15, 0.2) is 42.6 Å². The minimum absolute atomic E-state index is 0.661. The average Bonchev–Trinajstić information content (AvgIpc) is 3.42. The van der Waals surface area contributed by atoms with Crippen LogP contribution in [0.4, 0.5) is 10.9 Å². The molecule has 7 heteroatoms. The second-order valence-corrected chi connectivity index (χ2v) is 9.27. The van der Waals surface area contributed by atoms with Crippen molar-refractivity contribution in [3.05, 3.63) is 48.2 Å². The third-order valence-electron chi connectivity index (χ3n) is 6.47. The molecule has 4 heterocycles. The first-order valence-electron chi connectivity index (χ1n) is 10.9. The lowest BCUT2D eigenvalue weighted by atomic mass is 9.92. The standard InChI is InChI=1S/C24H26N6S/c1-26-21-7-6-20(15-28-21)23-22(17-4-2-16(12-25)3-5-17)29-24(31-23)30-10-8-18-13-27-14-19(18)9-11-30/h2-7,15,18-19,27H,8-11,13-14H2,1H3,(H,26,28). The Morgan fingerprint density at radius 2 is 1.77 bits per heavy atom. The summed E-state index contributed by atoms with van der Waals surface area (Å²) >= 11 is 1.75. The normalized spacial score (nSPS) is 20.7. The fourth-order valence-corrected chi connectivity index (χ4v) is 5.75. The van der Waals surface area contributed by atoms with Crippen LogP contribution in [0.5, 0.6) is 0 Å². The van der Waals surface area contributed by atoms with Crippen LogP contribution in [0.1, 0.15) is 18.4 Å². The van der Waals surface area contributed by atoms with Crippen LogP contribution < -0.4 is 15.5 Å². The van der Waals surface area contributed by atoms with Crippen molar-refractivity contribution in [1.29, 1.82) is 5.26 Å². The molecule has 2 aliphatic heterocycles. The number of nitrogens with one attached hydrogen (secondary N) is 2. The van der Waals surface area contributed by atoms with Crippen LogP contribution in [0, 0.1) is 23.2 Å². The molecular weight excluding hydrogens is 404 g/mol. The Morgan fingerprint density at radius 3 is 2.39 bits per heavy atom. The van der Waals surface area contributed by atoms with Gasteiger partial charge in [-0.3, -0.25) is 0 Å². The monoisotopic (exact) mass is 430 g/mol. The molecule has 2 aromatic heterocycles. The minimum Gasteiger partial charge on any atom is -0.373 e. The lowest BCUT2D eigenvalue weighted by molar-refractivity contribution is 0.409. The largest absolute Gasteiger partial charge is 0.373 e. The fourth-order valence-electron chi connectivity index (χ4n) is 4.62. The summed E-state index contributed by atoms with van der Waals surface area (Å²) in [5.41, 5.74) is 3.73. The summed E-state index contributed by atoms with van der Waals surface area (Å²) in [4.78, 5) is 13.2. The number of hydrogen-bond acceptors (Lipinski definition) is 7. The van der Waals surface area contributed by atoms with E-state index >= 15 is 0 Å². The molecule has 158 valence electrons. The van der Waals surface area contributed by atoms with Gasteiger partial charge in [-0.15, -0.1) is 0 Å². The van der Waals surface area contributed by atoms with E-state index in [1.807, 2.05) is 43.6 Å². The number of hydrogen-bond donors (Lipinski definition) is 2. The Hall–Kier alpha value is -2.95. The molecule has 0 radical (unpaired) electrons. The molecular formula is C24H26N6S. The molecule has 2 unspecified atom stereocenters. The topological polar surface area (TPSA) is 76.9 Å². The molecule has 0 saturated carbocycles. The van der Waals surface area contributed by atoms with Gasteiger partial charge in [0.1, 0.15) is 5.82 Å². The highest BCUT2D eigenvalue weighted by atomic mass is 32.1. The first kappa shape index (κ1) is 20.0. The van der Waals surface area contributed by atoms with Gasteiger partial charge in [-0.25, -0.2) is 9.97 Å². The fraction of sp³-hybridized carbons (Fsp3) is 0.375. The van der Waals surface area contributed by atoms with E-state index in [4.69, 9.17) is 10.2 Å². The van der Waals surface area contributed by atoms with Gasteiger partial charge >= 0.3 is 0 Å². The Kier molecular flexibility index (Phi) is 5.58. The van der Waals surface area contributed by atoms with Crippen LogP contribution in [0.25, 0.3) is 21.7 Å². The SMILES string of the molecule is CNc1ccc(-c2sc(N3CCC4CNCC4CC3)nc2-c2ccc(C#N)cc2)cn1. The lowest BCUT2D eigenvalue weighted by Gasteiger charge is -2.19. The zero-order valence-electron chi connectivity index (χ0n) is 17.6. The molecule has 3 aromatic rings. The molecule has 0 bridgehead atoms. The van der Waals surface area contributed by atoms with Crippen molar-refractivity contribution < 1.29 is 0 Å². The van der Waals surface area contributed by atoms with E-state index in [-0.39, 0.29) is 0 Å². The number of nitriles is 1. The average molecular weight is 431 g/mol. The van der Waals surface area contributed by atoms with Gasteiger partial charge in [-0.2, -0.15) is 5.26 Å². The molecule has 0 aliphatic carbocycles. The van der Waals surface area contributed by atoms with E-state index in [0.29, 0.717) is 5.56 Å². The summed E-state index contributed by atoms with van der Waals surface area (Å²) in [7, 11) is 1.87. The second-order valence-electron chi connectivity index (χ2n) is 8.29. The summed E-state index contributed by atoms with van der Waals surface area (Å²) in [6.45, 7) is 4.42. The van der Waals surface area contributed by atoms with Gasteiger partial charge in [0.15, 0.2) is 5.13 Å². The number of aromatic nitrogens is 2.